The first-order chi connectivity index (χ1) is 10.3. The molecule has 3 N–H and O–H groups in total. The number of hydrogen-bond acceptors (Lipinski definition) is 3. The van der Waals surface area contributed by atoms with Crippen molar-refractivity contribution in [2.24, 2.45) is 0 Å². The number of benzene rings is 2. The van der Waals surface area contributed by atoms with E-state index in [-0.39, 0.29) is 16.7 Å². The minimum Gasteiger partial charge on any atom is -0.423 e. The van der Waals surface area contributed by atoms with Gasteiger partial charge in [-0.25, -0.2) is 0 Å². The van der Waals surface area contributed by atoms with E-state index in [0.717, 1.165) is 12.1 Å². The van der Waals surface area contributed by atoms with E-state index in [9.17, 15) is 18.0 Å². The predicted molar refractivity (Wildman–Crippen MR) is 75.7 cm³/mol. The Hall–Kier alpha value is -2.32. The number of nitrogens with one attached hydrogen (secondary N) is 1. The third-order valence-electron chi connectivity index (χ3n) is 2.89. The van der Waals surface area contributed by atoms with Crippen molar-refractivity contribution < 1.29 is 28.0 Å². The molecule has 22 heavy (non-hydrogen) atoms. The molecule has 2 aromatic carbocycles. The summed E-state index contributed by atoms with van der Waals surface area (Å²) in [6.07, 6.45) is -4.50. The van der Waals surface area contributed by atoms with Crippen molar-refractivity contribution in [3.05, 3.63) is 59.7 Å². The molecule has 0 radical (unpaired) electrons. The Morgan fingerprint density at radius 1 is 1.05 bits per heavy atom. The van der Waals surface area contributed by atoms with Crippen LogP contribution in [0.4, 0.5) is 18.9 Å². The van der Waals surface area contributed by atoms with Crippen molar-refractivity contribution in [1.82, 2.24) is 0 Å². The summed E-state index contributed by atoms with van der Waals surface area (Å²) in [5, 5.41) is 20.4. The SMILES string of the molecule is O=C(Nc1cccc(C(F)(F)F)c1)c1cccc(B(O)O)c1. The molecule has 8 heteroatoms. The molecule has 0 spiro atoms. The van der Waals surface area contributed by atoms with Crippen LogP contribution < -0.4 is 10.8 Å². The molecule has 2 aromatic rings. The quantitative estimate of drug-likeness (QED) is 0.755. The molecule has 0 heterocycles. The van der Waals surface area contributed by atoms with Gasteiger partial charge in [-0.2, -0.15) is 13.2 Å². The summed E-state index contributed by atoms with van der Waals surface area (Å²) in [6, 6.07) is 9.75. The summed E-state index contributed by atoms with van der Waals surface area (Å²) in [5.41, 5.74) is -0.667. The van der Waals surface area contributed by atoms with Gasteiger partial charge < -0.3 is 15.4 Å². The van der Waals surface area contributed by atoms with E-state index in [1.54, 1.807) is 0 Å². The lowest BCUT2D eigenvalue weighted by Gasteiger charge is -2.10. The van der Waals surface area contributed by atoms with E-state index in [4.69, 9.17) is 10.0 Å². The Morgan fingerprint density at radius 2 is 1.73 bits per heavy atom. The maximum Gasteiger partial charge on any atom is 0.488 e. The number of hydrogen-bond donors (Lipinski definition) is 3. The van der Waals surface area contributed by atoms with Gasteiger partial charge in [0.15, 0.2) is 0 Å². The van der Waals surface area contributed by atoms with Crippen LogP contribution in [0.1, 0.15) is 15.9 Å². The second-order valence-corrected chi connectivity index (χ2v) is 4.53. The summed E-state index contributed by atoms with van der Waals surface area (Å²) in [7, 11) is -1.73. The highest BCUT2D eigenvalue weighted by Crippen LogP contribution is 2.30. The normalized spacial score (nSPS) is 11.1. The molecule has 0 bridgehead atoms. The van der Waals surface area contributed by atoms with Crippen LogP contribution in [-0.4, -0.2) is 23.1 Å². The maximum atomic E-state index is 12.6. The zero-order chi connectivity index (χ0) is 16.3. The monoisotopic (exact) mass is 309 g/mol. The van der Waals surface area contributed by atoms with Crippen LogP contribution in [0.25, 0.3) is 0 Å². The lowest BCUT2D eigenvalue weighted by atomic mass is 9.79. The Labute approximate surface area is 124 Å². The lowest BCUT2D eigenvalue weighted by Crippen LogP contribution is -2.30. The average molecular weight is 309 g/mol. The summed E-state index contributed by atoms with van der Waals surface area (Å²) < 4.78 is 37.8. The van der Waals surface area contributed by atoms with Crippen LogP contribution in [-0.2, 0) is 6.18 Å². The van der Waals surface area contributed by atoms with Gasteiger partial charge in [0.25, 0.3) is 5.91 Å². The van der Waals surface area contributed by atoms with Gasteiger partial charge in [-0.3, -0.25) is 4.79 Å². The number of rotatable bonds is 3. The molecular formula is C14H11BF3NO3. The van der Waals surface area contributed by atoms with Crippen molar-refractivity contribution in [2.75, 3.05) is 5.32 Å². The van der Waals surface area contributed by atoms with Crippen LogP contribution >= 0.6 is 0 Å². The maximum absolute atomic E-state index is 12.6. The van der Waals surface area contributed by atoms with Crippen LogP contribution in [0.2, 0.25) is 0 Å². The number of amides is 1. The Balaban J connectivity index is 2.20. The van der Waals surface area contributed by atoms with Gasteiger partial charge in [0.2, 0.25) is 0 Å². The van der Waals surface area contributed by atoms with Crippen LogP contribution in [0, 0.1) is 0 Å². The van der Waals surface area contributed by atoms with Crippen LogP contribution in [0.5, 0.6) is 0 Å². The molecule has 0 fully saturated rings. The lowest BCUT2D eigenvalue weighted by molar-refractivity contribution is -0.137. The van der Waals surface area contributed by atoms with Gasteiger partial charge in [0.1, 0.15) is 0 Å². The third kappa shape index (κ3) is 3.87. The number of anilines is 1. The highest BCUT2D eigenvalue weighted by atomic mass is 19.4. The van der Waals surface area contributed by atoms with Crippen LogP contribution in [0.15, 0.2) is 48.5 Å². The van der Waals surface area contributed by atoms with Crippen LogP contribution in [0.3, 0.4) is 0 Å². The van der Waals surface area contributed by atoms with E-state index in [2.05, 4.69) is 5.32 Å². The molecule has 1 amide bonds. The number of alkyl halides is 3. The van der Waals surface area contributed by atoms with E-state index < -0.39 is 24.8 Å². The van der Waals surface area contributed by atoms with Gasteiger partial charge in [0, 0.05) is 11.3 Å². The summed E-state index contributed by atoms with van der Waals surface area (Å²) >= 11 is 0. The molecule has 0 unspecified atom stereocenters. The first-order valence-electron chi connectivity index (χ1n) is 6.22. The van der Waals surface area contributed by atoms with Gasteiger partial charge in [-0.05, 0) is 35.8 Å². The standard InChI is InChI=1S/C14H11BF3NO3/c16-14(17,18)10-4-2-6-12(8-10)19-13(20)9-3-1-5-11(7-9)15(21)22/h1-8,21-22H,(H,19,20). The Morgan fingerprint density at radius 3 is 2.36 bits per heavy atom. The van der Waals surface area contributed by atoms with Crippen molar-refractivity contribution in [3.63, 3.8) is 0 Å². The van der Waals surface area contributed by atoms with Crippen molar-refractivity contribution in [3.8, 4) is 0 Å². The van der Waals surface area contributed by atoms with E-state index in [1.165, 1.54) is 36.4 Å². The molecule has 4 nitrogen and oxygen atoms in total. The first-order valence-corrected chi connectivity index (χ1v) is 6.22. The molecule has 0 saturated heterocycles. The second kappa shape index (κ2) is 6.21. The predicted octanol–water partition coefficient (Wildman–Crippen LogP) is 1.64. The minimum atomic E-state index is -4.50. The molecule has 0 aliphatic carbocycles. The Kier molecular flexibility index (Phi) is 4.53. The first kappa shape index (κ1) is 16.1. The summed E-state index contributed by atoms with van der Waals surface area (Å²) in [4.78, 5) is 12.0. The van der Waals surface area contributed by atoms with Gasteiger partial charge >= 0.3 is 13.3 Å². The number of carbonyl (C=O) groups is 1. The molecular weight excluding hydrogens is 298 g/mol. The Bertz CT molecular complexity index is 689. The number of halogens is 3. The van der Waals surface area contributed by atoms with Crippen molar-refractivity contribution in [1.29, 1.82) is 0 Å². The molecule has 0 aliphatic heterocycles. The fourth-order valence-electron chi connectivity index (χ4n) is 1.82. The number of carbonyl (C=O) groups excluding carboxylic acids is 1. The molecule has 2 rings (SSSR count). The smallest absolute Gasteiger partial charge is 0.423 e. The zero-order valence-corrected chi connectivity index (χ0v) is 11.1. The largest absolute Gasteiger partial charge is 0.488 e. The zero-order valence-electron chi connectivity index (χ0n) is 11.1. The fourth-order valence-corrected chi connectivity index (χ4v) is 1.82. The molecule has 0 atom stereocenters. The van der Waals surface area contributed by atoms with Gasteiger partial charge in [-0.1, -0.05) is 18.2 Å². The molecule has 0 saturated carbocycles. The third-order valence-corrected chi connectivity index (χ3v) is 2.89. The van der Waals surface area contributed by atoms with E-state index >= 15 is 0 Å². The highest BCUT2D eigenvalue weighted by Gasteiger charge is 2.30. The van der Waals surface area contributed by atoms with Gasteiger partial charge in [-0.15, -0.1) is 0 Å². The van der Waals surface area contributed by atoms with E-state index in [1.807, 2.05) is 0 Å². The van der Waals surface area contributed by atoms with E-state index in [0.29, 0.717) is 0 Å². The second-order valence-electron chi connectivity index (χ2n) is 4.53. The summed E-state index contributed by atoms with van der Waals surface area (Å²) in [5.74, 6) is -0.651. The van der Waals surface area contributed by atoms with Gasteiger partial charge in [0.05, 0.1) is 5.56 Å². The average Bonchev–Trinajstić information content (AvgIpc) is 2.46. The molecule has 0 aromatic heterocycles. The topological polar surface area (TPSA) is 69.6 Å². The summed E-state index contributed by atoms with van der Waals surface area (Å²) in [6.45, 7) is 0. The molecule has 0 aliphatic rings. The van der Waals surface area contributed by atoms with Crippen molar-refractivity contribution >= 4 is 24.2 Å². The molecule has 114 valence electrons. The highest BCUT2D eigenvalue weighted by molar-refractivity contribution is 6.58. The van der Waals surface area contributed by atoms with Crippen molar-refractivity contribution in [2.45, 2.75) is 6.18 Å². The fraction of sp³-hybridized carbons (Fsp3) is 0.0714. The minimum absolute atomic E-state index is 0.00484.